The van der Waals surface area contributed by atoms with Crippen LogP contribution in [0.3, 0.4) is 0 Å². The standard InChI is InChI=1S/C18H16FNO2/c1-12-2-5-15(19)11-16(12)20-18(21)7-4-13-3-6-17-14(10-13)8-9-22-17/h2-7,10-11H,8-9H2,1H3,(H,20,21)/b7-4+. The smallest absolute Gasteiger partial charge is 0.248 e. The molecule has 0 aromatic heterocycles. The molecule has 3 nitrogen and oxygen atoms in total. The molecule has 1 heterocycles. The monoisotopic (exact) mass is 297 g/mol. The zero-order valence-corrected chi connectivity index (χ0v) is 12.2. The lowest BCUT2D eigenvalue weighted by Gasteiger charge is -2.06. The Balaban J connectivity index is 1.70. The summed E-state index contributed by atoms with van der Waals surface area (Å²) < 4.78 is 18.6. The Labute approximate surface area is 128 Å². The highest BCUT2D eigenvalue weighted by atomic mass is 19.1. The summed E-state index contributed by atoms with van der Waals surface area (Å²) in [6.45, 7) is 2.53. The molecular weight excluding hydrogens is 281 g/mol. The highest BCUT2D eigenvalue weighted by Crippen LogP contribution is 2.26. The molecule has 0 radical (unpaired) electrons. The van der Waals surface area contributed by atoms with Gasteiger partial charge in [-0.15, -0.1) is 0 Å². The van der Waals surface area contributed by atoms with Gasteiger partial charge in [0.25, 0.3) is 0 Å². The number of benzene rings is 2. The van der Waals surface area contributed by atoms with Gasteiger partial charge >= 0.3 is 0 Å². The molecule has 1 aliphatic rings. The van der Waals surface area contributed by atoms with E-state index in [2.05, 4.69) is 5.32 Å². The number of anilines is 1. The Morgan fingerprint density at radius 1 is 1.27 bits per heavy atom. The highest BCUT2D eigenvalue weighted by Gasteiger charge is 2.11. The third-order valence-corrected chi connectivity index (χ3v) is 3.60. The van der Waals surface area contributed by atoms with Crippen LogP contribution in [0.2, 0.25) is 0 Å². The summed E-state index contributed by atoms with van der Waals surface area (Å²) in [5, 5.41) is 2.68. The fourth-order valence-corrected chi connectivity index (χ4v) is 2.39. The third kappa shape index (κ3) is 3.17. The van der Waals surface area contributed by atoms with Gasteiger partial charge in [-0.2, -0.15) is 0 Å². The maximum atomic E-state index is 13.2. The van der Waals surface area contributed by atoms with Gasteiger partial charge < -0.3 is 10.1 Å². The fourth-order valence-electron chi connectivity index (χ4n) is 2.39. The second-order valence-electron chi connectivity index (χ2n) is 5.25. The molecule has 0 atom stereocenters. The molecule has 0 spiro atoms. The van der Waals surface area contributed by atoms with Crippen LogP contribution in [0.15, 0.2) is 42.5 Å². The van der Waals surface area contributed by atoms with Crippen LogP contribution in [0, 0.1) is 12.7 Å². The van der Waals surface area contributed by atoms with Crippen molar-refractivity contribution in [3.05, 3.63) is 65.0 Å². The van der Waals surface area contributed by atoms with E-state index in [1.807, 2.05) is 25.1 Å². The third-order valence-electron chi connectivity index (χ3n) is 3.60. The Bertz CT molecular complexity index is 753. The summed E-state index contributed by atoms with van der Waals surface area (Å²) in [5.41, 5.74) is 3.40. The van der Waals surface area contributed by atoms with E-state index in [1.165, 1.54) is 18.2 Å². The number of carbonyl (C=O) groups is 1. The predicted octanol–water partition coefficient (Wildman–Crippen LogP) is 3.72. The summed E-state index contributed by atoms with van der Waals surface area (Å²) in [6, 6.07) is 10.1. The number of halogens is 1. The maximum Gasteiger partial charge on any atom is 0.248 e. The summed E-state index contributed by atoms with van der Waals surface area (Å²) in [5.74, 6) is 0.255. The minimum Gasteiger partial charge on any atom is -0.493 e. The van der Waals surface area contributed by atoms with Gasteiger partial charge in [-0.3, -0.25) is 4.79 Å². The van der Waals surface area contributed by atoms with Crippen LogP contribution in [-0.2, 0) is 11.2 Å². The average molecular weight is 297 g/mol. The van der Waals surface area contributed by atoms with Crippen LogP contribution < -0.4 is 10.1 Å². The SMILES string of the molecule is Cc1ccc(F)cc1NC(=O)/C=C/c1ccc2c(c1)CCO2. The molecular formula is C18H16FNO2. The minimum atomic E-state index is -0.372. The summed E-state index contributed by atoms with van der Waals surface area (Å²) in [4.78, 5) is 11.9. The lowest BCUT2D eigenvalue weighted by Crippen LogP contribution is -2.09. The molecule has 112 valence electrons. The van der Waals surface area contributed by atoms with Crippen molar-refractivity contribution in [2.24, 2.45) is 0 Å². The van der Waals surface area contributed by atoms with Gasteiger partial charge in [0, 0.05) is 18.2 Å². The maximum absolute atomic E-state index is 13.2. The van der Waals surface area contributed by atoms with E-state index >= 15 is 0 Å². The molecule has 22 heavy (non-hydrogen) atoms. The molecule has 1 aliphatic heterocycles. The van der Waals surface area contributed by atoms with Crippen molar-refractivity contribution in [3.63, 3.8) is 0 Å². The largest absolute Gasteiger partial charge is 0.493 e. The van der Waals surface area contributed by atoms with Crippen LogP contribution >= 0.6 is 0 Å². The van der Waals surface area contributed by atoms with Crippen molar-refractivity contribution >= 4 is 17.7 Å². The summed E-state index contributed by atoms with van der Waals surface area (Å²) >= 11 is 0. The Morgan fingerprint density at radius 2 is 2.14 bits per heavy atom. The van der Waals surface area contributed by atoms with Crippen molar-refractivity contribution in [3.8, 4) is 5.75 Å². The van der Waals surface area contributed by atoms with Gasteiger partial charge in [0.1, 0.15) is 11.6 Å². The first kappa shape index (κ1) is 14.3. The molecule has 3 rings (SSSR count). The van der Waals surface area contributed by atoms with E-state index in [0.717, 1.165) is 28.9 Å². The summed E-state index contributed by atoms with van der Waals surface area (Å²) in [6.07, 6.45) is 4.08. The Morgan fingerprint density at radius 3 is 3.00 bits per heavy atom. The lowest BCUT2D eigenvalue weighted by molar-refractivity contribution is -0.111. The van der Waals surface area contributed by atoms with Crippen LogP contribution in [0.1, 0.15) is 16.7 Å². The zero-order chi connectivity index (χ0) is 15.5. The quantitative estimate of drug-likeness (QED) is 0.877. The predicted molar refractivity (Wildman–Crippen MR) is 84.4 cm³/mol. The van der Waals surface area contributed by atoms with E-state index in [1.54, 1.807) is 12.1 Å². The Kier molecular flexibility index (Phi) is 3.92. The van der Waals surface area contributed by atoms with Crippen molar-refractivity contribution in [1.82, 2.24) is 0 Å². The number of aryl methyl sites for hydroxylation is 1. The number of rotatable bonds is 3. The second-order valence-corrected chi connectivity index (χ2v) is 5.25. The number of fused-ring (bicyclic) bond motifs is 1. The van der Waals surface area contributed by atoms with E-state index in [-0.39, 0.29) is 11.7 Å². The van der Waals surface area contributed by atoms with Gasteiger partial charge in [-0.1, -0.05) is 12.1 Å². The molecule has 1 N–H and O–H groups in total. The molecule has 0 saturated carbocycles. The van der Waals surface area contributed by atoms with Crippen LogP contribution in [0.4, 0.5) is 10.1 Å². The van der Waals surface area contributed by atoms with Crippen molar-refractivity contribution in [2.45, 2.75) is 13.3 Å². The van der Waals surface area contributed by atoms with Gasteiger partial charge in [-0.05, 0) is 54.0 Å². The van der Waals surface area contributed by atoms with Gasteiger partial charge in [-0.25, -0.2) is 4.39 Å². The van der Waals surface area contributed by atoms with Crippen molar-refractivity contribution < 1.29 is 13.9 Å². The fraction of sp³-hybridized carbons (Fsp3) is 0.167. The molecule has 0 aliphatic carbocycles. The number of ether oxygens (including phenoxy) is 1. The average Bonchev–Trinajstić information content (AvgIpc) is 2.96. The molecule has 0 bridgehead atoms. The molecule has 0 saturated heterocycles. The van der Waals surface area contributed by atoms with Crippen molar-refractivity contribution in [1.29, 1.82) is 0 Å². The number of carbonyl (C=O) groups excluding carboxylic acids is 1. The first-order chi connectivity index (χ1) is 10.6. The molecule has 1 amide bonds. The number of hydrogen-bond acceptors (Lipinski definition) is 2. The first-order valence-corrected chi connectivity index (χ1v) is 7.13. The van der Waals surface area contributed by atoms with E-state index in [4.69, 9.17) is 4.74 Å². The number of amides is 1. The van der Waals surface area contributed by atoms with E-state index in [0.29, 0.717) is 12.3 Å². The van der Waals surface area contributed by atoms with Gasteiger partial charge in [0.05, 0.1) is 6.61 Å². The molecule has 2 aromatic carbocycles. The second kappa shape index (κ2) is 6.02. The molecule has 0 unspecified atom stereocenters. The van der Waals surface area contributed by atoms with Crippen LogP contribution in [0.25, 0.3) is 6.08 Å². The van der Waals surface area contributed by atoms with E-state index < -0.39 is 0 Å². The topological polar surface area (TPSA) is 38.3 Å². The normalized spacial score (nSPS) is 13.0. The van der Waals surface area contributed by atoms with Gasteiger partial charge in [0.15, 0.2) is 0 Å². The molecule has 0 fully saturated rings. The molecule has 2 aromatic rings. The number of hydrogen-bond donors (Lipinski definition) is 1. The van der Waals surface area contributed by atoms with E-state index in [9.17, 15) is 9.18 Å². The van der Waals surface area contributed by atoms with Gasteiger partial charge in [0.2, 0.25) is 5.91 Å². The highest BCUT2D eigenvalue weighted by molar-refractivity contribution is 6.02. The van der Waals surface area contributed by atoms with Crippen LogP contribution in [-0.4, -0.2) is 12.5 Å². The zero-order valence-electron chi connectivity index (χ0n) is 12.2. The van der Waals surface area contributed by atoms with Crippen LogP contribution in [0.5, 0.6) is 5.75 Å². The van der Waals surface area contributed by atoms with Crippen molar-refractivity contribution in [2.75, 3.05) is 11.9 Å². The minimum absolute atomic E-state index is 0.287. The first-order valence-electron chi connectivity index (χ1n) is 7.13. The summed E-state index contributed by atoms with van der Waals surface area (Å²) in [7, 11) is 0. The Hall–Kier alpha value is -2.62. The molecule has 4 heteroatoms. The lowest BCUT2D eigenvalue weighted by atomic mass is 10.1. The number of nitrogens with one attached hydrogen (secondary N) is 1.